The average Bonchev–Trinajstić information content (AvgIpc) is 2.17. The number of halogens is 3. The van der Waals surface area contributed by atoms with Crippen LogP contribution < -0.4 is 0 Å². The first-order chi connectivity index (χ1) is 7.08. The van der Waals surface area contributed by atoms with Crippen LogP contribution in [0, 0.1) is 0 Å². The zero-order valence-corrected chi connectivity index (χ0v) is 11.9. The lowest BCUT2D eigenvalue weighted by molar-refractivity contribution is -0.139. The van der Waals surface area contributed by atoms with Crippen molar-refractivity contribution in [1.29, 1.82) is 0 Å². The van der Waals surface area contributed by atoms with E-state index in [1.165, 1.54) is 7.11 Å². The Bertz CT molecular complexity index is 380. The molecule has 0 atom stereocenters. The maximum absolute atomic E-state index is 11.2. The van der Waals surface area contributed by atoms with E-state index in [0.717, 1.165) is 15.6 Å². The van der Waals surface area contributed by atoms with Gasteiger partial charge in [0.15, 0.2) is 0 Å². The zero-order valence-electron chi connectivity index (χ0n) is 8.02. The molecule has 82 valence electrons. The van der Waals surface area contributed by atoms with Crippen LogP contribution in [0.2, 0.25) is 5.02 Å². The summed E-state index contributed by atoms with van der Waals surface area (Å²) in [5.41, 5.74) is 1.89. The van der Waals surface area contributed by atoms with Gasteiger partial charge in [-0.1, -0.05) is 43.5 Å². The molecule has 0 heterocycles. The standard InChI is InChI=1S/C10H9Br2ClO2/c1-15-10(14)3-6-2-7(13)4-9(12)8(6)5-11/h2,4H,3,5H2,1H3. The largest absolute Gasteiger partial charge is 0.469 e. The highest BCUT2D eigenvalue weighted by Gasteiger charge is 2.11. The number of carbonyl (C=O) groups is 1. The summed E-state index contributed by atoms with van der Waals surface area (Å²) in [6, 6.07) is 3.58. The summed E-state index contributed by atoms with van der Waals surface area (Å²) in [5, 5.41) is 1.27. The number of esters is 1. The summed E-state index contributed by atoms with van der Waals surface area (Å²) in [7, 11) is 1.37. The van der Waals surface area contributed by atoms with Crippen molar-refractivity contribution in [3.8, 4) is 0 Å². The predicted octanol–water partition coefficient (Wildman–Crippen LogP) is 3.71. The second-order valence-corrected chi connectivity index (χ2v) is 4.76. The Labute approximate surface area is 110 Å². The summed E-state index contributed by atoms with van der Waals surface area (Å²) < 4.78 is 5.51. The van der Waals surface area contributed by atoms with Crippen molar-refractivity contribution in [2.24, 2.45) is 0 Å². The summed E-state index contributed by atoms with van der Waals surface area (Å²) >= 11 is 12.7. The molecule has 0 saturated heterocycles. The SMILES string of the molecule is COC(=O)Cc1cc(Cl)cc(Br)c1CBr. The number of alkyl halides is 1. The Morgan fingerprint density at radius 3 is 2.73 bits per heavy atom. The molecule has 0 saturated carbocycles. The molecule has 0 bridgehead atoms. The van der Waals surface area contributed by atoms with Crippen molar-refractivity contribution in [3.63, 3.8) is 0 Å². The maximum Gasteiger partial charge on any atom is 0.309 e. The third-order valence-electron chi connectivity index (χ3n) is 1.95. The highest BCUT2D eigenvalue weighted by Crippen LogP contribution is 2.28. The number of ether oxygens (including phenoxy) is 1. The van der Waals surface area contributed by atoms with Crippen molar-refractivity contribution in [2.45, 2.75) is 11.8 Å². The highest BCUT2D eigenvalue weighted by molar-refractivity contribution is 9.10. The van der Waals surface area contributed by atoms with Crippen LogP contribution in [-0.2, 0) is 21.3 Å². The van der Waals surface area contributed by atoms with Gasteiger partial charge in [0, 0.05) is 14.8 Å². The fourth-order valence-corrected chi connectivity index (χ4v) is 3.24. The minimum Gasteiger partial charge on any atom is -0.469 e. The number of rotatable bonds is 3. The van der Waals surface area contributed by atoms with Crippen molar-refractivity contribution in [1.82, 2.24) is 0 Å². The van der Waals surface area contributed by atoms with Crippen LogP contribution in [0.1, 0.15) is 11.1 Å². The molecule has 1 aromatic rings. The van der Waals surface area contributed by atoms with Gasteiger partial charge in [-0.05, 0) is 23.3 Å². The first kappa shape index (κ1) is 13.0. The van der Waals surface area contributed by atoms with Crippen molar-refractivity contribution in [3.05, 3.63) is 32.8 Å². The Morgan fingerprint density at radius 1 is 1.53 bits per heavy atom. The topological polar surface area (TPSA) is 26.3 Å². The van der Waals surface area contributed by atoms with Crippen LogP contribution in [0.5, 0.6) is 0 Å². The molecule has 2 nitrogen and oxygen atoms in total. The number of hydrogen-bond acceptors (Lipinski definition) is 2. The molecule has 1 aromatic carbocycles. The number of hydrogen-bond donors (Lipinski definition) is 0. The molecule has 0 fully saturated rings. The van der Waals surface area contributed by atoms with Gasteiger partial charge in [-0.25, -0.2) is 0 Å². The van der Waals surface area contributed by atoms with Crippen LogP contribution >= 0.6 is 43.5 Å². The summed E-state index contributed by atoms with van der Waals surface area (Å²) in [5.74, 6) is -0.272. The summed E-state index contributed by atoms with van der Waals surface area (Å²) in [6.07, 6.45) is 0.233. The number of carbonyl (C=O) groups excluding carboxylic acids is 1. The summed E-state index contributed by atoms with van der Waals surface area (Å²) in [4.78, 5) is 11.2. The monoisotopic (exact) mass is 354 g/mol. The van der Waals surface area contributed by atoms with E-state index in [4.69, 9.17) is 11.6 Å². The molecule has 0 aliphatic carbocycles. The van der Waals surface area contributed by atoms with E-state index in [0.29, 0.717) is 10.4 Å². The second-order valence-electron chi connectivity index (χ2n) is 2.91. The van der Waals surface area contributed by atoms with Crippen molar-refractivity contribution >= 4 is 49.4 Å². The molecule has 0 aliphatic heterocycles. The van der Waals surface area contributed by atoms with Crippen LogP contribution in [0.4, 0.5) is 0 Å². The third-order valence-corrected chi connectivity index (χ3v) is 3.44. The Morgan fingerprint density at radius 2 is 2.20 bits per heavy atom. The van der Waals surface area contributed by atoms with Gasteiger partial charge in [0.2, 0.25) is 0 Å². The van der Waals surface area contributed by atoms with Crippen LogP contribution in [0.3, 0.4) is 0 Å². The van der Waals surface area contributed by atoms with E-state index in [1.54, 1.807) is 12.1 Å². The minimum atomic E-state index is -0.272. The first-order valence-corrected chi connectivity index (χ1v) is 6.47. The van der Waals surface area contributed by atoms with Crippen molar-refractivity contribution < 1.29 is 9.53 Å². The van der Waals surface area contributed by atoms with Gasteiger partial charge in [0.1, 0.15) is 0 Å². The molecule has 15 heavy (non-hydrogen) atoms. The molecule has 1 rings (SSSR count). The number of benzene rings is 1. The molecule has 0 aromatic heterocycles. The van der Waals surface area contributed by atoms with E-state index in [2.05, 4.69) is 36.6 Å². The molecule has 0 amide bonds. The molecule has 0 aliphatic rings. The van der Waals surface area contributed by atoms with E-state index < -0.39 is 0 Å². The van der Waals surface area contributed by atoms with Gasteiger partial charge in [0.05, 0.1) is 13.5 Å². The average molecular weight is 356 g/mol. The van der Waals surface area contributed by atoms with E-state index in [1.807, 2.05) is 0 Å². The van der Waals surface area contributed by atoms with Crippen LogP contribution in [0.25, 0.3) is 0 Å². The fraction of sp³-hybridized carbons (Fsp3) is 0.300. The Balaban J connectivity index is 3.09. The van der Waals surface area contributed by atoms with E-state index >= 15 is 0 Å². The van der Waals surface area contributed by atoms with Gasteiger partial charge in [0.25, 0.3) is 0 Å². The molecule has 0 unspecified atom stereocenters. The lowest BCUT2D eigenvalue weighted by atomic mass is 10.1. The normalized spacial score (nSPS) is 10.1. The van der Waals surface area contributed by atoms with Crippen LogP contribution in [0.15, 0.2) is 16.6 Å². The molecule has 0 N–H and O–H groups in total. The van der Waals surface area contributed by atoms with Gasteiger partial charge >= 0.3 is 5.97 Å². The number of methoxy groups -OCH3 is 1. The fourth-order valence-electron chi connectivity index (χ4n) is 1.19. The van der Waals surface area contributed by atoms with Gasteiger partial charge < -0.3 is 4.74 Å². The lowest BCUT2D eigenvalue weighted by Gasteiger charge is -2.09. The highest BCUT2D eigenvalue weighted by atomic mass is 79.9. The zero-order chi connectivity index (χ0) is 11.4. The van der Waals surface area contributed by atoms with Crippen molar-refractivity contribution in [2.75, 3.05) is 7.11 Å². The smallest absolute Gasteiger partial charge is 0.309 e. The minimum absolute atomic E-state index is 0.233. The molecule has 5 heteroatoms. The first-order valence-electron chi connectivity index (χ1n) is 4.18. The molecular formula is C10H9Br2ClO2. The molecule has 0 radical (unpaired) electrons. The lowest BCUT2D eigenvalue weighted by Crippen LogP contribution is -2.06. The van der Waals surface area contributed by atoms with Gasteiger partial charge in [-0.3, -0.25) is 4.79 Å². The maximum atomic E-state index is 11.2. The Kier molecular flexibility index (Phi) is 5.09. The van der Waals surface area contributed by atoms with Crippen LogP contribution in [-0.4, -0.2) is 13.1 Å². The van der Waals surface area contributed by atoms with E-state index in [-0.39, 0.29) is 12.4 Å². The third kappa shape index (κ3) is 3.47. The van der Waals surface area contributed by atoms with E-state index in [9.17, 15) is 4.79 Å². The van der Waals surface area contributed by atoms with Gasteiger partial charge in [-0.15, -0.1) is 0 Å². The second kappa shape index (κ2) is 5.87. The predicted molar refractivity (Wildman–Crippen MR) is 67.5 cm³/mol. The van der Waals surface area contributed by atoms with Gasteiger partial charge in [-0.2, -0.15) is 0 Å². The Hall–Kier alpha value is -0.0600. The summed E-state index contributed by atoms with van der Waals surface area (Å²) in [6.45, 7) is 0. The molecule has 0 spiro atoms. The molecular weight excluding hydrogens is 347 g/mol. The quantitative estimate of drug-likeness (QED) is 0.610.